The van der Waals surface area contributed by atoms with Gasteiger partial charge >= 0.3 is 0 Å². The molecule has 16 heavy (non-hydrogen) atoms. The molecule has 0 aromatic heterocycles. The second-order valence-corrected chi connectivity index (χ2v) is 3.83. The van der Waals surface area contributed by atoms with Crippen LogP contribution in [0.5, 0.6) is 5.75 Å². The van der Waals surface area contributed by atoms with Crippen molar-refractivity contribution in [3.8, 4) is 5.75 Å². The van der Waals surface area contributed by atoms with E-state index in [1.807, 2.05) is 6.92 Å². The lowest BCUT2D eigenvalue weighted by Crippen LogP contribution is -2.36. The molecule has 1 aromatic carbocycles. The summed E-state index contributed by atoms with van der Waals surface area (Å²) in [5.74, 6) is 0.110. The van der Waals surface area contributed by atoms with Crippen LogP contribution in [0.15, 0.2) is 35.4 Å². The van der Waals surface area contributed by atoms with Crippen LogP contribution in [0.3, 0.4) is 0 Å². The number of hydrogen-bond donors (Lipinski definition) is 3. The van der Waals surface area contributed by atoms with Gasteiger partial charge in [0, 0.05) is 24.4 Å². The molecule has 84 valence electrons. The fourth-order valence-corrected chi connectivity index (χ4v) is 1.45. The third-order valence-electron chi connectivity index (χ3n) is 2.67. The second kappa shape index (κ2) is 4.37. The molecular formula is C12H14N2O2. The average molecular weight is 218 g/mol. The summed E-state index contributed by atoms with van der Waals surface area (Å²) >= 11 is 0. The summed E-state index contributed by atoms with van der Waals surface area (Å²) in [5.41, 5.74) is 2.61. The van der Waals surface area contributed by atoms with Gasteiger partial charge in [-0.25, -0.2) is 0 Å². The average Bonchev–Trinajstić information content (AvgIpc) is 2.19. The molecule has 1 aliphatic rings. The van der Waals surface area contributed by atoms with Crippen molar-refractivity contribution < 1.29 is 9.90 Å². The zero-order chi connectivity index (χ0) is 11.5. The Morgan fingerprint density at radius 1 is 1.31 bits per heavy atom. The molecular weight excluding hydrogens is 204 g/mol. The minimum absolute atomic E-state index is 0.0813. The molecule has 1 saturated heterocycles. The van der Waals surface area contributed by atoms with Crippen LogP contribution < -0.4 is 10.6 Å². The minimum atomic E-state index is -0.0813. The third-order valence-corrected chi connectivity index (χ3v) is 2.67. The van der Waals surface area contributed by atoms with Crippen LogP contribution in [-0.4, -0.2) is 24.1 Å². The van der Waals surface area contributed by atoms with E-state index < -0.39 is 0 Å². The van der Waals surface area contributed by atoms with E-state index in [0.717, 1.165) is 24.2 Å². The standard InChI is InChI=1S/C12H14N2O2/c1-8(9-6-13-7-9)12(16)14-10-2-4-11(15)5-3-10/h2-5,13,15H,6-7H2,1H3,(H,14,16). The van der Waals surface area contributed by atoms with Gasteiger partial charge in [-0.3, -0.25) is 4.79 Å². The molecule has 0 bridgehead atoms. The highest BCUT2D eigenvalue weighted by atomic mass is 16.3. The summed E-state index contributed by atoms with van der Waals surface area (Å²) in [6.45, 7) is 3.43. The summed E-state index contributed by atoms with van der Waals surface area (Å²) < 4.78 is 0. The quantitative estimate of drug-likeness (QED) is 0.517. The SMILES string of the molecule is CC(C(=O)Nc1ccc(O)cc1)=C1CNC1. The van der Waals surface area contributed by atoms with Crippen LogP contribution in [-0.2, 0) is 4.79 Å². The molecule has 4 heteroatoms. The van der Waals surface area contributed by atoms with E-state index in [4.69, 9.17) is 5.11 Å². The van der Waals surface area contributed by atoms with E-state index >= 15 is 0 Å². The summed E-state index contributed by atoms with van der Waals surface area (Å²) in [6.07, 6.45) is 0. The van der Waals surface area contributed by atoms with Crippen LogP contribution >= 0.6 is 0 Å². The first-order chi connectivity index (χ1) is 7.66. The number of amides is 1. The molecule has 0 atom stereocenters. The molecule has 0 radical (unpaired) electrons. The molecule has 1 aliphatic heterocycles. The Balaban J connectivity index is 2.04. The Morgan fingerprint density at radius 3 is 2.44 bits per heavy atom. The Hall–Kier alpha value is -1.81. The molecule has 1 fully saturated rings. The van der Waals surface area contributed by atoms with E-state index in [2.05, 4.69) is 10.6 Å². The van der Waals surface area contributed by atoms with Gasteiger partial charge in [0.25, 0.3) is 5.91 Å². The number of anilines is 1. The molecule has 1 heterocycles. The van der Waals surface area contributed by atoms with Gasteiger partial charge in [0.15, 0.2) is 0 Å². The number of nitrogens with one attached hydrogen (secondary N) is 2. The van der Waals surface area contributed by atoms with Gasteiger partial charge in [0.2, 0.25) is 0 Å². The van der Waals surface area contributed by atoms with Crippen molar-refractivity contribution in [2.45, 2.75) is 6.92 Å². The van der Waals surface area contributed by atoms with Crippen LogP contribution in [0.2, 0.25) is 0 Å². The maximum atomic E-state index is 11.8. The monoisotopic (exact) mass is 218 g/mol. The van der Waals surface area contributed by atoms with Crippen molar-refractivity contribution in [1.29, 1.82) is 0 Å². The topological polar surface area (TPSA) is 61.4 Å². The molecule has 0 unspecified atom stereocenters. The molecule has 0 saturated carbocycles. The lowest BCUT2D eigenvalue weighted by atomic mass is 10.0. The zero-order valence-electron chi connectivity index (χ0n) is 9.08. The van der Waals surface area contributed by atoms with Gasteiger partial charge in [0.1, 0.15) is 5.75 Å². The molecule has 2 rings (SSSR count). The number of carbonyl (C=O) groups excluding carboxylic acids is 1. The maximum absolute atomic E-state index is 11.8. The molecule has 0 aliphatic carbocycles. The van der Waals surface area contributed by atoms with Crippen LogP contribution in [0.4, 0.5) is 5.69 Å². The normalized spacial score (nSPS) is 14.2. The second-order valence-electron chi connectivity index (χ2n) is 3.83. The predicted molar refractivity (Wildman–Crippen MR) is 62.3 cm³/mol. The fourth-order valence-electron chi connectivity index (χ4n) is 1.45. The van der Waals surface area contributed by atoms with Gasteiger partial charge in [-0.05, 0) is 36.8 Å². The van der Waals surface area contributed by atoms with Crippen molar-refractivity contribution in [1.82, 2.24) is 5.32 Å². The number of benzene rings is 1. The van der Waals surface area contributed by atoms with Crippen molar-refractivity contribution in [3.63, 3.8) is 0 Å². The molecule has 4 nitrogen and oxygen atoms in total. The van der Waals surface area contributed by atoms with E-state index in [0.29, 0.717) is 5.69 Å². The molecule has 1 amide bonds. The van der Waals surface area contributed by atoms with Crippen LogP contribution in [0.1, 0.15) is 6.92 Å². The van der Waals surface area contributed by atoms with Crippen molar-refractivity contribution in [3.05, 3.63) is 35.4 Å². The van der Waals surface area contributed by atoms with Crippen molar-refractivity contribution in [2.24, 2.45) is 0 Å². The summed E-state index contributed by atoms with van der Waals surface area (Å²) in [4.78, 5) is 11.8. The first-order valence-electron chi connectivity index (χ1n) is 5.16. The molecule has 1 aromatic rings. The maximum Gasteiger partial charge on any atom is 0.251 e. The summed E-state index contributed by atoms with van der Waals surface area (Å²) in [7, 11) is 0. The van der Waals surface area contributed by atoms with Gasteiger partial charge in [0.05, 0.1) is 0 Å². The predicted octanol–water partition coefficient (Wildman–Crippen LogP) is 1.25. The Kier molecular flexibility index (Phi) is 2.92. The summed E-state index contributed by atoms with van der Waals surface area (Å²) in [6, 6.07) is 6.43. The lowest BCUT2D eigenvalue weighted by Gasteiger charge is -2.21. The Bertz CT molecular complexity index is 429. The highest BCUT2D eigenvalue weighted by Gasteiger charge is 2.15. The number of phenolic OH excluding ortho intramolecular Hbond substituents is 1. The first kappa shape index (κ1) is 10.7. The Morgan fingerprint density at radius 2 is 1.94 bits per heavy atom. The van der Waals surface area contributed by atoms with Gasteiger partial charge in [-0.2, -0.15) is 0 Å². The number of hydrogen-bond acceptors (Lipinski definition) is 3. The number of phenols is 1. The summed E-state index contributed by atoms with van der Waals surface area (Å²) in [5, 5.41) is 15.0. The van der Waals surface area contributed by atoms with Gasteiger partial charge in [-0.15, -0.1) is 0 Å². The van der Waals surface area contributed by atoms with Crippen LogP contribution in [0.25, 0.3) is 0 Å². The third kappa shape index (κ3) is 2.23. The van der Waals surface area contributed by atoms with E-state index in [-0.39, 0.29) is 11.7 Å². The van der Waals surface area contributed by atoms with Crippen LogP contribution in [0, 0.1) is 0 Å². The van der Waals surface area contributed by atoms with E-state index in [1.165, 1.54) is 0 Å². The van der Waals surface area contributed by atoms with Crippen molar-refractivity contribution >= 4 is 11.6 Å². The van der Waals surface area contributed by atoms with Gasteiger partial charge < -0.3 is 15.7 Å². The van der Waals surface area contributed by atoms with E-state index in [9.17, 15) is 4.79 Å². The van der Waals surface area contributed by atoms with E-state index in [1.54, 1.807) is 24.3 Å². The number of aromatic hydroxyl groups is 1. The molecule has 0 spiro atoms. The number of carbonyl (C=O) groups is 1. The molecule has 3 N–H and O–H groups in total. The smallest absolute Gasteiger partial charge is 0.251 e. The van der Waals surface area contributed by atoms with Crippen molar-refractivity contribution in [2.75, 3.05) is 18.4 Å². The largest absolute Gasteiger partial charge is 0.508 e. The Labute approximate surface area is 94.0 Å². The lowest BCUT2D eigenvalue weighted by molar-refractivity contribution is -0.112. The first-order valence-corrected chi connectivity index (χ1v) is 5.16. The number of rotatable bonds is 2. The van der Waals surface area contributed by atoms with Gasteiger partial charge in [-0.1, -0.05) is 0 Å². The minimum Gasteiger partial charge on any atom is -0.508 e. The highest BCUT2D eigenvalue weighted by molar-refractivity contribution is 6.04. The zero-order valence-corrected chi connectivity index (χ0v) is 9.08. The highest BCUT2D eigenvalue weighted by Crippen LogP contribution is 2.16. The fraction of sp³-hybridized carbons (Fsp3) is 0.250.